The van der Waals surface area contributed by atoms with Crippen LogP contribution in [-0.4, -0.2) is 20.2 Å². The molecule has 0 saturated carbocycles. The lowest BCUT2D eigenvalue weighted by Gasteiger charge is -2.17. The van der Waals surface area contributed by atoms with E-state index in [1.165, 1.54) is 19.1 Å². The molecule has 0 heterocycles. The average molecular weight is 452 g/mol. The molecule has 0 spiro atoms. The Labute approximate surface area is 187 Å². The molecule has 0 fully saturated rings. The number of aryl methyl sites for hydroxylation is 1. The van der Waals surface area contributed by atoms with Crippen LogP contribution in [0.25, 0.3) is 0 Å². The predicted octanol–water partition coefficient (Wildman–Crippen LogP) is 4.25. The second-order valence-electron chi connectivity index (χ2n) is 7.42. The summed E-state index contributed by atoms with van der Waals surface area (Å²) >= 11 is 0. The van der Waals surface area contributed by atoms with Gasteiger partial charge in [-0.3, -0.25) is 14.3 Å². The van der Waals surface area contributed by atoms with Crippen molar-refractivity contribution < 1.29 is 18.0 Å². The number of carbonyl (C=O) groups excluding carboxylic acids is 2. The maximum Gasteiger partial charge on any atom is 0.262 e. The highest BCUT2D eigenvalue weighted by atomic mass is 32.2. The van der Waals surface area contributed by atoms with E-state index in [0.29, 0.717) is 11.3 Å². The van der Waals surface area contributed by atoms with Gasteiger partial charge in [-0.1, -0.05) is 48.5 Å². The molecule has 0 aromatic heterocycles. The normalized spacial score (nSPS) is 12.0. The Bertz CT molecular complexity index is 1240. The number of nitrogens with one attached hydrogen (secondary N) is 3. The van der Waals surface area contributed by atoms with Crippen molar-refractivity contribution in [2.24, 2.45) is 0 Å². The highest BCUT2D eigenvalue weighted by Crippen LogP contribution is 2.25. The van der Waals surface area contributed by atoms with Gasteiger partial charge in [0, 0.05) is 12.6 Å². The van der Waals surface area contributed by atoms with Crippen LogP contribution in [0.5, 0.6) is 0 Å². The number of rotatable bonds is 7. The van der Waals surface area contributed by atoms with Crippen molar-refractivity contribution in [2.45, 2.75) is 31.7 Å². The summed E-state index contributed by atoms with van der Waals surface area (Å²) in [5.74, 6) is -0.705. The van der Waals surface area contributed by atoms with E-state index in [0.717, 1.165) is 5.56 Å². The summed E-state index contributed by atoms with van der Waals surface area (Å²) in [6.07, 6.45) is 0. The first-order valence-electron chi connectivity index (χ1n) is 10.0. The van der Waals surface area contributed by atoms with Gasteiger partial charge in [-0.2, -0.15) is 0 Å². The quantitative estimate of drug-likeness (QED) is 0.500. The van der Waals surface area contributed by atoms with E-state index in [4.69, 9.17) is 0 Å². The number of benzene rings is 3. The van der Waals surface area contributed by atoms with Crippen molar-refractivity contribution in [1.29, 1.82) is 0 Å². The molecule has 0 bridgehead atoms. The third kappa shape index (κ3) is 5.53. The first kappa shape index (κ1) is 23.0. The molecule has 3 aromatic carbocycles. The average Bonchev–Trinajstić information content (AvgIpc) is 2.75. The van der Waals surface area contributed by atoms with Crippen LogP contribution in [0.15, 0.2) is 77.7 Å². The molecule has 2 amide bonds. The minimum atomic E-state index is -4.02. The van der Waals surface area contributed by atoms with Crippen LogP contribution < -0.4 is 15.4 Å². The molecule has 8 heteroatoms. The Morgan fingerprint density at radius 1 is 0.906 bits per heavy atom. The summed E-state index contributed by atoms with van der Waals surface area (Å²) in [7, 11) is -4.02. The number of anilines is 2. The second kappa shape index (κ2) is 9.65. The number of sulfonamides is 1. The van der Waals surface area contributed by atoms with E-state index < -0.39 is 15.9 Å². The Morgan fingerprint density at radius 3 is 2.25 bits per heavy atom. The van der Waals surface area contributed by atoms with Crippen LogP contribution in [-0.2, 0) is 14.8 Å². The van der Waals surface area contributed by atoms with Crippen molar-refractivity contribution in [1.82, 2.24) is 5.32 Å². The summed E-state index contributed by atoms with van der Waals surface area (Å²) in [5.41, 5.74) is 2.17. The van der Waals surface area contributed by atoms with Gasteiger partial charge < -0.3 is 10.6 Å². The van der Waals surface area contributed by atoms with Gasteiger partial charge >= 0.3 is 0 Å². The summed E-state index contributed by atoms with van der Waals surface area (Å²) in [4.78, 5) is 24.3. The monoisotopic (exact) mass is 451 g/mol. The predicted molar refractivity (Wildman–Crippen MR) is 125 cm³/mol. The Kier molecular flexibility index (Phi) is 6.95. The lowest BCUT2D eigenvalue weighted by Crippen LogP contribution is -2.28. The molecular weight excluding hydrogens is 426 g/mol. The molecule has 0 aliphatic heterocycles. The number of carbonyl (C=O) groups is 2. The third-order valence-electron chi connectivity index (χ3n) is 4.86. The SMILES string of the molecule is CC(=O)Nc1ccc(C)c(S(=O)(=O)Nc2ccccc2C(=O)NC(C)c2ccccc2)c1. The number of para-hydroxylation sites is 1. The van der Waals surface area contributed by atoms with Gasteiger partial charge in [0.05, 0.1) is 22.2 Å². The number of amides is 2. The summed E-state index contributed by atoms with van der Waals surface area (Å²) in [5, 5.41) is 5.48. The minimum Gasteiger partial charge on any atom is -0.345 e. The van der Waals surface area contributed by atoms with Crippen molar-refractivity contribution in [3.8, 4) is 0 Å². The van der Waals surface area contributed by atoms with E-state index >= 15 is 0 Å². The molecule has 0 aliphatic rings. The van der Waals surface area contributed by atoms with Gasteiger partial charge in [0.1, 0.15) is 0 Å². The highest BCUT2D eigenvalue weighted by Gasteiger charge is 2.22. The van der Waals surface area contributed by atoms with Gasteiger partial charge in [0.25, 0.3) is 15.9 Å². The molecule has 1 unspecified atom stereocenters. The van der Waals surface area contributed by atoms with Crippen molar-refractivity contribution in [3.63, 3.8) is 0 Å². The molecule has 32 heavy (non-hydrogen) atoms. The van der Waals surface area contributed by atoms with Gasteiger partial charge in [-0.05, 0) is 49.2 Å². The third-order valence-corrected chi connectivity index (χ3v) is 6.37. The number of hydrogen-bond donors (Lipinski definition) is 3. The van der Waals surface area contributed by atoms with Crippen LogP contribution in [0.1, 0.15) is 41.4 Å². The van der Waals surface area contributed by atoms with Crippen molar-refractivity contribution in [3.05, 3.63) is 89.5 Å². The maximum absolute atomic E-state index is 13.1. The van der Waals surface area contributed by atoms with Crippen molar-refractivity contribution in [2.75, 3.05) is 10.0 Å². The van der Waals surface area contributed by atoms with E-state index in [9.17, 15) is 18.0 Å². The van der Waals surface area contributed by atoms with Crippen LogP contribution in [0.2, 0.25) is 0 Å². The van der Waals surface area contributed by atoms with E-state index in [-0.39, 0.29) is 28.1 Å². The lowest BCUT2D eigenvalue weighted by atomic mass is 10.1. The fraction of sp³-hybridized carbons (Fsp3) is 0.167. The van der Waals surface area contributed by atoms with Gasteiger partial charge in [0.2, 0.25) is 5.91 Å². The highest BCUT2D eigenvalue weighted by molar-refractivity contribution is 7.92. The van der Waals surface area contributed by atoms with Gasteiger partial charge in [-0.25, -0.2) is 8.42 Å². The van der Waals surface area contributed by atoms with Crippen LogP contribution in [0.4, 0.5) is 11.4 Å². The van der Waals surface area contributed by atoms with Crippen LogP contribution in [0, 0.1) is 6.92 Å². The fourth-order valence-electron chi connectivity index (χ4n) is 3.24. The maximum atomic E-state index is 13.1. The Balaban J connectivity index is 1.87. The van der Waals surface area contributed by atoms with Crippen LogP contribution >= 0.6 is 0 Å². The van der Waals surface area contributed by atoms with Crippen LogP contribution in [0.3, 0.4) is 0 Å². The Hall–Kier alpha value is -3.65. The zero-order valence-electron chi connectivity index (χ0n) is 18.0. The molecule has 1 atom stereocenters. The van der Waals surface area contributed by atoms with Gasteiger partial charge in [-0.15, -0.1) is 0 Å². The minimum absolute atomic E-state index is 0.0108. The van der Waals surface area contributed by atoms with E-state index in [1.54, 1.807) is 37.3 Å². The Morgan fingerprint density at radius 2 is 1.56 bits per heavy atom. The first-order valence-corrected chi connectivity index (χ1v) is 11.5. The molecule has 0 radical (unpaired) electrons. The molecule has 166 valence electrons. The van der Waals surface area contributed by atoms with E-state index in [2.05, 4.69) is 15.4 Å². The molecule has 0 aliphatic carbocycles. The summed E-state index contributed by atoms with van der Waals surface area (Å²) < 4.78 is 28.8. The summed E-state index contributed by atoms with van der Waals surface area (Å²) in [6.45, 7) is 4.86. The molecule has 3 N–H and O–H groups in total. The van der Waals surface area contributed by atoms with Crippen molar-refractivity contribution >= 4 is 33.2 Å². The molecular formula is C24H25N3O4S. The fourth-order valence-corrected chi connectivity index (χ4v) is 4.59. The second-order valence-corrected chi connectivity index (χ2v) is 9.07. The molecule has 3 aromatic rings. The largest absolute Gasteiger partial charge is 0.345 e. The number of hydrogen-bond acceptors (Lipinski definition) is 4. The zero-order valence-corrected chi connectivity index (χ0v) is 18.9. The first-order chi connectivity index (χ1) is 15.2. The molecule has 3 rings (SSSR count). The molecule has 0 saturated heterocycles. The zero-order chi connectivity index (χ0) is 23.3. The summed E-state index contributed by atoms with van der Waals surface area (Å²) in [6, 6.07) is 20.3. The van der Waals surface area contributed by atoms with E-state index in [1.807, 2.05) is 37.3 Å². The standard InChI is InChI=1S/C24H25N3O4S/c1-16-13-14-20(26-18(3)28)15-23(16)32(30,31)27-22-12-8-7-11-21(22)24(29)25-17(2)19-9-5-4-6-10-19/h4-15,17,27H,1-3H3,(H,25,29)(H,26,28). The smallest absolute Gasteiger partial charge is 0.262 e. The lowest BCUT2D eigenvalue weighted by molar-refractivity contribution is -0.114. The molecule has 7 nitrogen and oxygen atoms in total. The topological polar surface area (TPSA) is 104 Å². The van der Waals surface area contributed by atoms with Gasteiger partial charge in [0.15, 0.2) is 0 Å².